The molecular weight excluding hydrogens is 190 g/mol. The number of nitrogens with one attached hydrogen (secondary N) is 1. The normalized spacial score (nSPS) is 25.3. The molecule has 0 aromatic heterocycles. The summed E-state index contributed by atoms with van der Waals surface area (Å²) in [4.78, 5) is 16.3. The van der Waals surface area contributed by atoms with Crippen LogP contribution in [0.5, 0.6) is 0 Å². The Morgan fingerprint density at radius 3 is 2.40 bits per heavy atom. The van der Waals surface area contributed by atoms with Crippen LogP contribution in [-0.2, 0) is 4.79 Å². The second-order valence-corrected chi connectivity index (χ2v) is 5.50. The molecule has 1 aliphatic heterocycles. The average Bonchev–Trinajstić information content (AvgIpc) is 2.06. The molecule has 1 N–H and O–H groups in total. The van der Waals surface area contributed by atoms with E-state index < -0.39 is 0 Å². The molecule has 15 heavy (non-hydrogen) atoms. The first kappa shape index (κ1) is 12.5. The molecule has 1 saturated heterocycles. The summed E-state index contributed by atoms with van der Waals surface area (Å²) in [5, 5.41) is 3.03. The monoisotopic (exact) mass is 213 g/mol. The van der Waals surface area contributed by atoms with Gasteiger partial charge in [-0.1, -0.05) is 0 Å². The summed E-state index contributed by atoms with van der Waals surface area (Å²) < 4.78 is 0. The summed E-state index contributed by atoms with van der Waals surface area (Å²) in [5.41, 5.74) is -0.145. The van der Waals surface area contributed by atoms with Crippen molar-refractivity contribution in [3.8, 4) is 0 Å². The highest BCUT2D eigenvalue weighted by atomic mass is 16.2. The fourth-order valence-electron chi connectivity index (χ4n) is 1.75. The van der Waals surface area contributed by atoms with E-state index in [0.717, 1.165) is 19.6 Å². The molecule has 4 heteroatoms. The van der Waals surface area contributed by atoms with E-state index in [9.17, 15) is 4.79 Å². The van der Waals surface area contributed by atoms with Gasteiger partial charge in [-0.15, -0.1) is 0 Å². The minimum atomic E-state index is -0.145. The second kappa shape index (κ2) is 4.49. The smallest absolute Gasteiger partial charge is 0.239 e. The van der Waals surface area contributed by atoms with Crippen molar-refractivity contribution >= 4 is 5.91 Å². The van der Waals surface area contributed by atoms with Crippen LogP contribution in [0.3, 0.4) is 0 Å². The summed E-state index contributed by atoms with van der Waals surface area (Å²) >= 11 is 0. The van der Waals surface area contributed by atoms with Gasteiger partial charge in [-0.05, 0) is 34.9 Å². The van der Waals surface area contributed by atoms with Crippen LogP contribution in [-0.4, -0.2) is 61.0 Å². The molecular formula is C11H23N3O. The van der Waals surface area contributed by atoms with Gasteiger partial charge in [0.15, 0.2) is 0 Å². The summed E-state index contributed by atoms with van der Waals surface area (Å²) in [6.45, 7) is 8.85. The molecule has 1 fully saturated rings. The van der Waals surface area contributed by atoms with Crippen LogP contribution < -0.4 is 5.32 Å². The third-order valence-corrected chi connectivity index (χ3v) is 2.65. The van der Waals surface area contributed by atoms with E-state index in [0.29, 0.717) is 0 Å². The number of amides is 1. The minimum Gasteiger partial charge on any atom is -0.350 e. The average molecular weight is 213 g/mol. The largest absolute Gasteiger partial charge is 0.350 e. The molecule has 0 radical (unpaired) electrons. The lowest BCUT2D eigenvalue weighted by Crippen LogP contribution is -2.59. The molecule has 1 rings (SSSR count). The van der Waals surface area contributed by atoms with Crippen LogP contribution >= 0.6 is 0 Å². The number of hydrogen-bond acceptors (Lipinski definition) is 3. The van der Waals surface area contributed by atoms with Crippen molar-refractivity contribution in [3.05, 3.63) is 0 Å². The standard InChI is InChI=1S/C11H23N3O/c1-11(2,3)12-10(15)9-8-13(4)6-7-14(9)5/h9H,6-8H2,1-5H3,(H,12,15)/t9-/m0/s1. The first-order valence-electron chi connectivity index (χ1n) is 5.50. The van der Waals surface area contributed by atoms with Gasteiger partial charge in [0.2, 0.25) is 5.91 Å². The molecule has 0 aromatic carbocycles. The fraction of sp³-hybridized carbons (Fsp3) is 0.909. The van der Waals surface area contributed by atoms with Crippen LogP contribution in [0.1, 0.15) is 20.8 Å². The topological polar surface area (TPSA) is 35.6 Å². The Labute approximate surface area is 92.6 Å². The van der Waals surface area contributed by atoms with E-state index >= 15 is 0 Å². The molecule has 0 aliphatic carbocycles. The summed E-state index contributed by atoms with van der Waals surface area (Å²) in [7, 11) is 4.07. The maximum atomic E-state index is 12.0. The Morgan fingerprint density at radius 1 is 1.27 bits per heavy atom. The van der Waals surface area contributed by atoms with Crippen molar-refractivity contribution < 1.29 is 4.79 Å². The number of nitrogens with zero attached hydrogens (tertiary/aromatic N) is 2. The Morgan fingerprint density at radius 2 is 1.87 bits per heavy atom. The molecule has 0 saturated carbocycles. The molecule has 1 amide bonds. The number of rotatable bonds is 1. The first-order chi connectivity index (χ1) is 6.79. The van der Waals surface area contributed by atoms with Gasteiger partial charge in [0.25, 0.3) is 0 Å². The van der Waals surface area contributed by atoms with E-state index in [1.54, 1.807) is 0 Å². The van der Waals surface area contributed by atoms with Crippen molar-refractivity contribution in [1.29, 1.82) is 0 Å². The second-order valence-electron chi connectivity index (χ2n) is 5.50. The van der Waals surface area contributed by atoms with Gasteiger partial charge in [-0.3, -0.25) is 9.69 Å². The van der Waals surface area contributed by atoms with Gasteiger partial charge < -0.3 is 10.2 Å². The van der Waals surface area contributed by atoms with Crippen molar-refractivity contribution in [2.24, 2.45) is 0 Å². The molecule has 0 unspecified atom stereocenters. The summed E-state index contributed by atoms with van der Waals surface area (Å²) in [6.07, 6.45) is 0. The predicted molar refractivity (Wildman–Crippen MR) is 61.8 cm³/mol. The zero-order valence-electron chi connectivity index (χ0n) is 10.5. The van der Waals surface area contributed by atoms with Gasteiger partial charge >= 0.3 is 0 Å². The zero-order valence-corrected chi connectivity index (χ0v) is 10.5. The third kappa shape index (κ3) is 3.80. The maximum Gasteiger partial charge on any atom is 0.239 e. The molecule has 0 aromatic rings. The van der Waals surface area contributed by atoms with Gasteiger partial charge in [0.1, 0.15) is 6.04 Å². The van der Waals surface area contributed by atoms with Crippen molar-refractivity contribution in [1.82, 2.24) is 15.1 Å². The van der Waals surface area contributed by atoms with Crippen LogP contribution in [0.4, 0.5) is 0 Å². The number of carbonyl (C=O) groups is 1. The Bertz CT molecular complexity index is 234. The van der Waals surface area contributed by atoms with Gasteiger partial charge in [0, 0.05) is 25.2 Å². The van der Waals surface area contributed by atoms with Crippen molar-refractivity contribution in [3.63, 3.8) is 0 Å². The zero-order chi connectivity index (χ0) is 11.6. The number of carbonyl (C=O) groups excluding carboxylic acids is 1. The SMILES string of the molecule is CN1CCN(C)[C@H](C(=O)NC(C)(C)C)C1. The molecule has 88 valence electrons. The first-order valence-corrected chi connectivity index (χ1v) is 5.50. The Balaban J connectivity index is 2.57. The lowest BCUT2D eigenvalue weighted by atomic mass is 10.1. The molecule has 1 aliphatic rings. The quantitative estimate of drug-likeness (QED) is 0.673. The molecule has 0 bridgehead atoms. The lowest BCUT2D eigenvalue weighted by Gasteiger charge is -2.38. The van der Waals surface area contributed by atoms with E-state index in [1.807, 2.05) is 27.8 Å². The summed E-state index contributed by atoms with van der Waals surface area (Å²) in [5.74, 6) is 0.136. The van der Waals surface area contributed by atoms with Gasteiger partial charge in [-0.2, -0.15) is 0 Å². The van der Waals surface area contributed by atoms with Crippen LogP contribution in [0.25, 0.3) is 0 Å². The minimum absolute atomic E-state index is 0.0111. The van der Waals surface area contributed by atoms with Crippen LogP contribution in [0, 0.1) is 0 Å². The van der Waals surface area contributed by atoms with Crippen molar-refractivity contribution in [2.45, 2.75) is 32.4 Å². The van der Waals surface area contributed by atoms with E-state index in [1.165, 1.54) is 0 Å². The van der Waals surface area contributed by atoms with E-state index in [2.05, 4.69) is 22.2 Å². The van der Waals surface area contributed by atoms with Gasteiger partial charge in [-0.25, -0.2) is 0 Å². The van der Waals surface area contributed by atoms with E-state index in [4.69, 9.17) is 0 Å². The molecule has 1 atom stereocenters. The third-order valence-electron chi connectivity index (χ3n) is 2.65. The fourth-order valence-corrected chi connectivity index (χ4v) is 1.75. The number of likely N-dealkylation sites (N-methyl/N-ethyl adjacent to an activating group) is 2. The predicted octanol–water partition coefficient (Wildman–Crippen LogP) is 0.147. The van der Waals surface area contributed by atoms with Crippen LogP contribution in [0.2, 0.25) is 0 Å². The highest BCUT2D eigenvalue weighted by molar-refractivity contribution is 5.82. The maximum absolute atomic E-state index is 12.0. The molecule has 0 spiro atoms. The number of hydrogen-bond donors (Lipinski definition) is 1. The van der Waals surface area contributed by atoms with E-state index in [-0.39, 0.29) is 17.5 Å². The lowest BCUT2D eigenvalue weighted by molar-refractivity contribution is -0.129. The highest BCUT2D eigenvalue weighted by Crippen LogP contribution is 2.08. The summed E-state index contributed by atoms with van der Waals surface area (Å²) in [6, 6.07) is -0.0111. The van der Waals surface area contributed by atoms with Gasteiger partial charge in [0.05, 0.1) is 0 Å². The Kier molecular flexibility index (Phi) is 3.73. The molecule has 4 nitrogen and oxygen atoms in total. The Hall–Kier alpha value is -0.610. The highest BCUT2D eigenvalue weighted by Gasteiger charge is 2.30. The van der Waals surface area contributed by atoms with Crippen molar-refractivity contribution in [2.75, 3.05) is 33.7 Å². The molecule has 1 heterocycles. The van der Waals surface area contributed by atoms with Crippen LogP contribution in [0.15, 0.2) is 0 Å². The number of piperazine rings is 1.